The Morgan fingerprint density at radius 3 is 1.80 bits per heavy atom. The van der Waals surface area contributed by atoms with E-state index in [1.54, 1.807) is 0 Å². The van der Waals surface area contributed by atoms with E-state index < -0.39 is 66.8 Å². The van der Waals surface area contributed by atoms with Crippen LogP contribution in [0.3, 0.4) is 0 Å². The predicted molar refractivity (Wildman–Crippen MR) is 116 cm³/mol. The summed E-state index contributed by atoms with van der Waals surface area (Å²) in [6.07, 6.45) is -7.09. The Bertz CT molecular complexity index is 960. The molecule has 0 aromatic heterocycles. The van der Waals surface area contributed by atoms with Crippen LogP contribution in [0.1, 0.15) is 34.6 Å². The third-order valence-electron chi connectivity index (χ3n) is 4.03. The summed E-state index contributed by atoms with van der Waals surface area (Å²) in [5, 5.41) is 12.0. The second kappa shape index (κ2) is 13.5. The molecule has 4 unspecified atom stereocenters. The molecule has 2 N–H and O–H groups in total. The van der Waals surface area contributed by atoms with E-state index in [2.05, 4.69) is 5.32 Å². The number of nitrogens with one attached hydrogen (secondary N) is 1. The van der Waals surface area contributed by atoms with Gasteiger partial charge in [0.1, 0.15) is 12.4 Å². The second-order valence-electron chi connectivity index (χ2n) is 7.17. The smallest absolute Gasteiger partial charge is 0.303 e. The lowest BCUT2D eigenvalue weighted by Gasteiger charge is -2.34. The molecule has 0 radical (unpaired) electrons. The van der Waals surface area contributed by atoms with Gasteiger partial charge in [0.15, 0.2) is 18.3 Å². The highest BCUT2D eigenvalue weighted by Gasteiger charge is 2.47. The van der Waals surface area contributed by atoms with Crippen molar-refractivity contribution in [3.63, 3.8) is 0 Å². The minimum atomic E-state index is -1.93. The van der Waals surface area contributed by atoms with Crippen molar-refractivity contribution in [1.29, 1.82) is 0 Å². The number of phenolic OH excluding ortho intramolecular Hbond substituents is 1. The Balaban J connectivity index is 3.53. The number of carbonyl (C=O) groups excluding carboxylic acids is 6. The molecule has 13 nitrogen and oxygen atoms in total. The van der Waals surface area contributed by atoms with Crippen molar-refractivity contribution in [2.75, 3.05) is 11.9 Å². The Hall–Kier alpha value is -4.16. The van der Waals surface area contributed by atoms with Crippen LogP contribution in [0.2, 0.25) is 0 Å². The molecule has 0 aliphatic rings. The monoisotopic (exact) mass is 497 g/mol. The molecule has 0 fully saturated rings. The zero-order chi connectivity index (χ0) is 26.7. The first-order valence-electron chi connectivity index (χ1n) is 10.2. The van der Waals surface area contributed by atoms with Gasteiger partial charge in [0.25, 0.3) is 5.91 Å². The molecule has 1 rings (SSSR count). The maximum Gasteiger partial charge on any atom is 0.303 e. The minimum Gasteiger partial charge on any atom is -0.508 e. The van der Waals surface area contributed by atoms with Crippen molar-refractivity contribution in [2.45, 2.75) is 59.0 Å². The van der Waals surface area contributed by atoms with E-state index in [0.29, 0.717) is 0 Å². The molecule has 0 saturated carbocycles. The number of anilines is 1. The van der Waals surface area contributed by atoms with Crippen molar-refractivity contribution in [3.8, 4) is 5.75 Å². The van der Waals surface area contributed by atoms with Crippen LogP contribution < -0.4 is 5.32 Å². The van der Waals surface area contributed by atoms with Gasteiger partial charge in [-0.1, -0.05) is 6.07 Å². The molecule has 0 aliphatic carbocycles. The van der Waals surface area contributed by atoms with E-state index in [1.165, 1.54) is 24.3 Å². The maximum absolute atomic E-state index is 13.1. The highest BCUT2D eigenvalue weighted by molar-refractivity contribution is 5.96. The van der Waals surface area contributed by atoms with Crippen molar-refractivity contribution in [2.24, 2.45) is 0 Å². The van der Waals surface area contributed by atoms with Crippen LogP contribution in [0, 0.1) is 0 Å². The molecule has 0 saturated heterocycles. The number of hydrogen-bond acceptors (Lipinski definition) is 12. The van der Waals surface area contributed by atoms with Crippen LogP contribution in [-0.4, -0.2) is 71.9 Å². The fourth-order valence-electron chi connectivity index (χ4n) is 2.89. The van der Waals surface area contributed by atoms with Crippen molar-refractivity contribution in [1.82, 2.24) is 0 Å². The molecule has 1 aromatic rings. The van der Waals surface area contributed by atoms with Crippen LogP contribution in [0.15, 0.2) is 24.3 Å². The fraction of sp³-hybridized carbons (Fsp3) is 0.455. The number of amides is 1. The molecule has 1 amide bonds. The first-order valence-corrected chi connectivity index (χ1v) is 10.2. The molecule has 0 spiro atoms. The number of hydrogen-bond donors (Lipinski definition) is 2. The van der Waals surface area contributed by atoms with E-state index in [0.717, 1.165) is 34.6 Å². The van der Waals surface area contributed by atoms with Crippen molar-refractivity contribution < 1.29 is 57.6 Å². The summed E-state index contributed by atoms with van der Waals surface area (Å²) >= 11 is 0. The van der Waals surface area contributed by atoms with Gasteiger partial charge in [-0.2, -0.15) is 0 Å². The number of carbonyl (C=O) groups is 6. The molecule has 1 aromatic carbocycles. The van der Waals surface area contributed by atoms with Crippen molar-refractivity contribution >= 4 is 41.4 Å². The summed E-state index contributed by atoms with van der Waals surface area (Å²) in [6, 6.07) is 5.37. The Kier molecular flexibility index (Phi) is 11.2. The number of aromatic hydroxyl groups is 1. The van der Waals surface area contributed by atoms with Gasteiger partial charge in [-0.15, -0.1) is 0 Å². The molecular formula is C22H27NO12. The van der Waals surface area contributed by atoms with Crippen LogP contribution in [0.5, 0.6) is 5.75 Å². The van der Waals surface area contributed by atoms with Gasteiger partial charge in [-0.3, -0.25) is 28.8 Å². The summed E-state index contributed by atoms with van der Waals surface area (Å²) in [4.78, 5) is 71.7. The van der Waals surface area contributed by atoms with Gasteiger partial charge >= 0.3 is 29.8 Å². The average molecular weight is 497 g/mol. The minimum absolute atomic E-state index is 0.0919. The zero-order valence-electron chi connectivity index (χ0n) is 19.8. The lowest BCUT2D eigenvalue weighted by molar-refractivity contribution is -0.202. The third kappa shape index (κ3) is 10.5. The van der Waals surface area contributed by atoms with Gasteiger partial charge in [0, 0.05) is 46.4 Å². The number of rotatable bonds is 11. The van der Waals surface area contributed by atoms with E-state index in [9.17, 15) is 33.9 Å². The van der Waals surface area contributed by atoms with Gasteiger partial charge in [-0.25, -0.2) is 0 Å². The lowest BCUT2D eigenvalue weighted by atomic mass is 10.0. The highest BCUT2D eigenvalue weighted by Crippen LogP contribution is 2.22. The van der Waals surface area contributed by atoms with Gasteiger partial charge in [-0.05, 0) is 12.1 Å². The van der Waals surface area contributed by atoms with E-state index in [4.69, 9.17) is 23.7 Å². The number of esters is 5. The quantitative estimate of drug-likeness (QED) is 0.322. The number of ether oxygens (including phenoxy) is 5. The highest BCUT2D eigenvalue weighted by atomic mass is 16.6. The molecule has 0 aliphatic heterocycles. The molecule has 192 valence electrons. The Morgan fingerprint density at radius 2 is 1.31 bits per heavy atom. The fourth-order valence-corrected chi connectivity index (χ4v) is 2.89. The molecule has 13 heteroatoms. The predicted octanol–water partition coefficient (Wildman–Crippen LogP) is 0.621. The molecule has 0 heterocycles. The normalized spacial score (nSPS) is 13.7. The van der Waals surface area contributed by atoms with Gasteiger partial charge in [0.2, 0.25) is 6.10 Å². The van der Waals surface area contributed by atoms with E-state index in [1.807, 2.05) is 0 Å². The topological polar surface area (TPSA) is 181 Å². The van der Waals surface area contributed by atoms with Crippen LogP contribution in [-0.2, 0) is 52.5 Å². The largest absolute Gasteiger partial charge is 0.508 e. The van der Waals surface area contributed by atoms with Gasteiger partial charge in [0.05, 0.1) is 0 Å². The molecule has 4 atom stereocenters. The van der Waals surface area contributed by atoms with Crippen LogP contribution in [0.4, 0.5) is 5.69 Å². The Morgan fingerprint density at radius 1 is 0.771 bits per heavy atom. The molecule has 35 heavy (non-hydrogen) atoms. The zero-order valence-corrected chi connectivity index (χ0v) is 19.8. The number of phenols is 1. The van der Waals surface area contributed by atoms with Crippen LogP contribution in [0.25, 0.3) is 0 Å². The summed E-state index contributed by atoms with van der Waals surface area (Å²) in [6.45, 7) is 4.38. The molecule has 0 bridgehead atoms. The molecular weight excluding hydrogens is 470 g/mol. The standard InChI is InChI=1S/C22H27NO12/c1-11(24)31-10-18(32-12(2)25)19(33-13(3)26)20(34-14(4)27)21(35-15(5)28)22(30)23-16-7-6-8-17(29)9-16/h6-9,18-21,29H,10H2,1-5H3,(H,23,30). The third-order valence-corrected chi connectivity index (χ3v) is 4.03. The summed E-state index contributed by atoms with van der Waals surface area (Å²) in [5.74, 6) is -5.75. The SMILES string of the molecule is CC(=O)OCC(OC(C)=O)C(OC(C)=O)C(OC(C)=O)C(OC(C)=O)C(=O)Nc1cccc(O)c1. The summed E-state index contributed by atoms with van der Waals surface area (Å²) in [5.41, 5.74) is 0.0919. The average Bonchev–Trinajstić information content (AvgIpc) is 2.71. The van der Waals surface area contributed by atoms with E-state index >= 15 is 0 Å². The Labute approximate surface area is 200 Å². The maximum atomic E-state index is 13.1. The van der Waals surface area contributed by atoms with Gasteiger partial charge < -0.3 is 34.1 Å². The summed E-state index contributed by atoms with van der Waals surface area (Å²) < 4.78 is 25.5. The van der Waals surface area contributed by atoms with Crippen molar-refractivity contribution in [3.05, 3.63) is 24.3 Å². The van der Waals surface area contributed by atoms with Crippen LogP contribution >= 0.6 is 0 Å². The first-order chi connectivity index (χ1) is 16.3. The van der Waals surface area contributed by atoms with E-state index in [-0.39, 0.29) is 11.4 Å². The second-order valence-corrected chi connectivity index (χ2v) is 7.17. The lowest BCUT2D eigenvalue weighted by Crippen LogP contribution is -2.56. The number of benzene rings is 1. The summed E-state index contributed by atoms with van der Waals surface area (Å²) in [7, 11) is 0. The first kappa shape index (κ1) is 28.9.